The lowest BCUT2D eigenvalue weighted by Crippen LogP contribution is -2.62. The summed E-state index contributed by atoms with van der Waals surface area (Å²) in [5.74, 6) is 2.81. The normalized spacial score (nSPS) is 28.8. The molecular formula is C18H26N2. The zero-order chi connectivity index (χ0) is 14.6. The first-order chi connectivity index (χ1) is 9.60. The Morgan fingerprint density at radius 2 is 2.15 bits per heavy atom. The van der Waals surface area contributed by atoms with Gasteiger partial charge in [-0.2, -0.15) is 0 Å². The Balaban J connectivity index is 2.21. The maximum absolute atomic E-state index is 5.51. The van der Waals surface area contributed by atoms with Gasteiger partial charge in [-0.1, -0.05) is 37.3 Å². The summed E-state index contributed by atoms with van der Waals surface area (Å²) in [4.78, 5) is 2.59. The van der Waals surface area contributed by atoms with Crippen LogP contribution in [0.15, 0.2) is 30.3 Å². The summed E-state index contributed by atoms with van der Waals surface area (Å²) in [5.41, 5.74) is 1.36. The summed E-state index contributed by atoms with van der Waals surface area (Å²) in [7, 11) is 0. The van der Waals surface area contributed by atoms with Gasteiger partial charge >= 0.3 is 0 Å². The molecule has 2 nitrogen and oxygen atoms in total. The van der Waals surface area contributed by atoms with Gasteiger partial charge in [-0.3, -0.25) is 4.90 Å². The summed E-state index contributed by atoms with van der Waals surface area (Å²) < 4.78 is 0. The fourth-order valence-corrected chi connectivity index (χ4v) is 3.19. The van der Waals surface area contributed by atoms with Crippen molar-refractivity contribution in [2.24, 2.45) is 0 Å². The van der Waals surface area contributed by atoms with Crippen molar-refractivity contribution in [2.75, 3.05) is 13.1 Å². The van der Waals surface area contributed by atoms with Crippen molar-refractivity contribution in [1.29, 1.82) is 0 Å². The smallest absolute Gasteiger partial charge is 0.0535 e. The molecule has 1 heterocycles. The topological polar surface area (TPSA) is 15.3 Å². The number of hydrogen-bond acceptors (Lipinski definition) is 2. The third-order valence-electron chi connectivity index (χ3n) is 4.56. The third kappa shape index (κ3) is 3.06. The molecule has 1 N–H and O–H groups in total. The zero-order valence-corrected chi connectivity index (χ0v) is 12.9. The molecule has 1 aliphatic heterocycles. The molecule has 2 rings (SSSR count). The highest BCUT2D eigenvalue weighted by Crippen LogP contribution is 2.29. The van der Waals surface area contributed by atoms with E-state index in [4.69, 9.17) is 6.42 Å². The van der Waals surface area contributed by atoms with Crippen molar-refractivity contribution in [1.82, 2.24) is 10.2 Å². The first-order valence-corrected chi connectivity index (χ1v) is 7.60. The molecule has 0 spiro atoms. The molecule has 0 amide bonds. The Morgan fingerprint density at radius 3 is 2.75 bits per heavy atom. The molecule has 1 aliphatic rings. The van der Waals surface area contributed by atoms with E-state index in [1.807, 2.05) is 0 Å². The van der Waals surface area contributed by atoms with Gasteiger partial charge in [-0.15, -0.1) is 12.3 Å². The number of piperazine rings is 1. The average Bonchev–Trinajstić information content (AvgIpc) is 2.48. The highest BCUT2D eigenvalue weighted by molar-refractivity contribution is 5.25. The molecule has 0 saturated carbocycles. The maximum atomic E-state index is 5.51. The van der Waals surface area contributed by atoms with Crippen LogP contribution in [-0.4, -0.2) is 30.1 Å². The van der Waals surface area contributed by atoms with Crippen molar-refractivity contribution in [3.8, 4) is 12.3 Å². The van der Waals surface area contributed by atoms with Gasteiger partial charge in [0.2, 0.25) is 0 Å². The van der Waals surface area contributed by atoms with Crippen LogP contribution in [0.2, 0.25) is 0 Å². The van der Waals surface area contributed by atoms with Crippen LogP contribution in [0.3, 0.4) is 0 Å². The molecule has 1 aromatic rings. The first-order valence-electron chi connectivity index (χ1n) is 7.60. The van der Waals surface area contributed by atoms with Gasteiger partial charge in [0.1, 0.15) is 0 Å². The number of terminal acetylenes is 1. The van der Waals surface area contributed by atoms with E-state index in [-0.39, 0.29) is 5.54 Å². The second-order valence-electron chi connectivity index (χ2n) is 6.07. The van der Waals surface area contributed by atoms with Gasteiger partial charge in [0, 0.05) is 31.6 Å². The monoisotopic (exact) mass is 270 g/mol. The Morgan fingerprint density at radius 1 is 1.45 bits per heavy atom. The number of hydrogen-bond donors (Lipinski definition) is 1. The molecule has 3 unspecified atom stereocenters. The minimum Gasteiger partial charge on any atom is -0.305 e. The largest absolute Gasteiger partial charge is 0.305 e. The Kier molecular flexibility index (Phi) is 4.86. The summed E-state index contributed by atoms with van der Waals surface area (Å²) >= 11 is 0. The second-order valence-corrected chi connectivity index (χ2v) is 6.07. The van der Waals surface area contributed by atoms with Crippen molar-refractivity contribution >= 4 is 0 Å². The molecular weight excluding hydrogens is 244 g/mol. The molecule has 0 radical (unpaired) electrons. The Labute approximate surface area is 123 Å². The molecule has 20 heavy (non-hydrogen) atoms. The molecule has 3 atom stereocenters. The number of benzene rings is 1. The van der Waals surface area contributed by atoms with E-state index in [1.165, 1.54) is 5.56 Å². The van der Waals surface area contributed by atoms with E-state index in [0.717, 1.165) is 25.9 Å². The van der Waals surface area contributed by atoms with Crippen LogP contribution in [0.1, 0.15) is 39.2 Å². The predicted octanol–water partition coefficient (Wildman–Crippen LogP) is 3.00. The highest BCUT2D eigenvalue weighted by atomic mass is 15.3. The SMILES string of the molecule is C#CCC(C)N1CC(C)(c2ccccc2)NCC1CC. The predicted molar refractivity (Wildman–Crippen MR) is 85.5 cm³/mol. The lowest BCUT2D eigenvalue weighted by atomic mass is 9.87. The van der Waals surface area contributed by atoms with Crippen LogP contribution in [-0.2, 0) is 5.54 Å². The minimum absolute atomic E-state index is 0.00971. The van der Waals surface area contributed by atoms with E-state index in [0.29, 0.717) is 12.1 Å². The minimum atomic E-state index is 0.00971. The van der Waals surface area contributed by atoms with E-state index in [9.17, 15) is 0 Å². The molecule has 0 aliphatic carbocycles. The molecule has 108 valence electrons. The highest BCUT2D eigenvalue weighted by Gasteiger charge is 2.37. The van der Waals surface area contributed by atoms with E-state index in [2.05, 4.69) is 67.2 Å². The third-order valence-corrected chi connectivity index (χ3v) is 4.56. The molecule has 0 bridgehead atoms. The fraction of sp³-hybridized carbons (Fsp3) is 0.556. The quantitative estimate of drug-likeness (QED) is 0.846. The number of nitrogens with one attached hydrogen (secondary N) is 1. The lowest BCUT2D eigenvalue weighted by molar-refractivity contribution is 0.0519. The molecule has 1 fully saturated rings. The Bertz CT molecular complexity index is 462. The maximum Gasteiger partial charge on any atom is 0.0535 e. The fourth-order valence-electron chi connectivity index (χ4n) is 3.19. The standard InChI is InChI=1S/C18H26N2/c1-5-10-15(3)20-14-18(4,19-13-17(20)6-2)16-11-8-7-9-12-16/h1,7-9,11-12,15,17,19H,6,10,13-14H2,2-4H3. The molecule has 0 aromatic heterocycles. The Hall–Kier alpha value is -1.30. The lowest BCUT2D eigenvalue weighted by Gasteiger charge is -2.48. The van der Waals surface area contributed by atoms with Crippen molar-refractivity contribution in [2.45, 2.75) is 51.2 Å². The summed E-state index contributed by atoms with van der Waals surface area (Å²) in [6.07, 6.45) is 7.49. The van der Waals surface area contributed by atoms with Crippen LogP contribution in [0, 0.1) is 12.3 Å². The zero-order valence-electron chi connectivity index (χ0n) is 12.9. The van der Waals surface area contributed by atoms with Crippen molar-refractivity contribution in [3.05, 3.63) is 35.9 Å². The van der Waals surface area contributed by atoms with E-state index in [1.54, 1.807) is 0 Å². The van der Waals surface area contributed by atoms with Crippen LogP contribution in [0.5, 0.6) is 0 Å². The van der Waals surface area contributed by atoms with E-state index >= 15 is 0 Å². The summed E-state index contributed by atoms with van der Waals surface area (Å²) in [5, 5.41) is 3.75. The van der Waals surface area contributed by atoms with Gasteiger partial charge in [0.15, 0.2) is 0 Å². The number of nitrogens with zero attached hydrogens (tertiary/aromatic N) is 1. The molecule has 1 saturated heterocycles. The number of rotatable bonds is 4. The van der Waals surface area contributed by atoms with Crippen LogP contribution < -0.4 is 5.32 Å². The van der Waals surface area contributed by atoms with Crippen LogP contribution in [0.25, 0.3) is 0 Å². The molecule has 1 aromatic carbocycles. The molecule has 2 heteroatoms. The van der Waals surface area contributed by atoms with Crippen molar-refractivity contribution < 1.29 is 0 Å². The van der Waals surface area contributed by atoms with Crippen molar-refractivity contribution in [3.63, 3.8) is 0 Å². The summed E-state index contributed by atoms with van der Waals surface area (Å²) in [6.45, 7) is 8.84. The van der Waals surface area contributed by atoms with Gasteiger partial charge in [0.25, 0.3) is 0 Å². The van der Waals surface area contributed by atoms with Gasteiger partial charge in [-0.05, 0) is 25.8 Å². The van der Waals surface area contributed by atoms with Gasteiger partial charge in [0.05, 0.1) is 5.54 Å². The van der Waals surface area contributed by atoms with Gasteiger partial charge < -0.3 is 5.32 Å². The van der Waals surface area contributed by atoms with Crippen LogP contribution in [0.4, 0.5) is 0 Å². The van der Waals surface area contributed by atoms with Crippen LogP contribution >= 0.6 is 0 Å². The second kappa shape index (κ2) is 6.43. The van der Waals surface area contributed by atoms with E-state index < -0.39 is 0 Å². The van der Waals surface area contributed by atoms with Gasteiger partial charge in [-0.25, -0.2) is 0 Å². The first kappa shape index (κ1) is 15.1. The summed E-state index contributed by atoms with van der Waals surface area (Å²) in [6, 6.07) is 11.7. The average molecular weight is 270 g/mol.